The number of amides is 1. The maximum absolute atomic E-state index is 12.4. The fraction of sp³-hybridized carbons (Fsp3) is 0.846. The van der Waals surface area contributed by atoms with Crippen molar-refractivity contribution in [2.45, 2.75) is 32.7 Å². The van der Waals surface area contributed by atoms with Gasteiger partial charge in [0.25, 0.3) is 0 Å². The van der Waals surface area contributed by atoms with Crippen molar-refractivity contribution in [1.29, 1.82) is 0 Å². The molecular weight excluding hydrogens is 246 g/mol. The Morgan fingerprint density at radius 2 is 1.78 bits per heavy atom. The van der Waals surface area contributed by atoms with E-state index in [1.165, 1.54) is 12.8 Å². The molecule has 0 spiro atoms. The lowest BCUT2D eigenvalue weighted by molar-refractivity contribution is -0.136. The van der Waals surface area contributed by atoms with E-state index in [0.717, 1.165) is 32.2 Å². The summed E-state index contributed by atoms with van der Waals surface area (Å²) in [5.41, 5.74) is 5.70. The van der Waals surface area contributed by atoms with E-state index in [2.05, 4.69) is 4.90 Å². The van der Waals surface area contributed by atoms with Crippen molar-refractivity contribution in [3.05, 3.63) is 0 Å². The molecule has 0 aromatic carbocycles. The zero-order chi connectivity index (χ0) is 13.3. The Morgan fingerprint density at radius 3 is 2.17 bits per heavy atom. The number of rotatable bonds is 4. The summed E-state index contributed by atoms with van der Waals surface area (Å²) in [4.78, 5) is 17.2. The quantitative estimate of drug-likeness (QED) is 0.769. The van der Waals surface area contributed by atoms with Gasteiger partial charge in [-0.2, -0.15) is 0 Å². The van der Waals surface area contributed by atoms with E-state index in [1.54, 1.807) is 0 Å². The highest BCUT2D eigenvalue weighted by molar-refractivity contribution is 7.80. The van der Waals surface area contributed by atoms with Gasteiger partial charge in [-0.25, -0.2) is 0 Å². The predicted octanol–water partition coefficient (Wildman–Crippen LogP) is 0.851. The number of nitrogens with zero attached hydrogens (tertiary/aromatic N) is 2. The van der Waals surface area contributed by atoms with E-state index in [0.29, 0.717) is 4.99 Å². The summed E-state index contributed by atoms with van der Waals surface area (Å²) in [5.74, 6) is -0.00289. The molecule has 1 saturated heterocycles. The van der Waals surface area contributed by atoms with Gasteiger partial charge >= 0.3 is 0 Å². The zero-order valence-corrected chi connectivity index (χ0v) is 12.1. The van der Waals surface area contributed by atoms with Crippen LogP contribution in [0.3, 0.4) is 0 Å². The molecule has 102 valence electrons. The van der Waals surface area contributed by atoms with Gasteiger partial charge in [0.1, 0.15) is 0 Å². The first-order chi connectivity index (χ1) is 8.50. The maximum atomic E-state index is 12.4. The van der Waals surface area contributed by atoms with Gasteiger partial charge in [-0.1, -0.05) is 26.1 Å². The molecule has 2 aliphatic rings. The third kappa shape index (κ3) is 3.01. The lowest BCUT2D eigenvalue weighted by Gasteiger charge is -2.37. The van der Waals surface area contributed by atoms with Crippen LogP contribution in [0, 0.1) is 11.8 Å². The van der Waals surface area contributed by atoms with Crippen LogP contribution in [-0.2, 0) is 4.79 Å². The van der Waals surface area contributed by atoms with Crippen LogP contribution in [0.5, 0.6) is 0 Å². The first-order valence-corrected chi connectivity index (χ1v) is 7.23. The number of piperazine rings is 1. The van der Waals surface area contributed by atoms with Crippen LogP contribution in [0.15, 0.2) is 0 Å². The minimum Gasteiger partial charge on any atom is -0.393 e. The molecule has 5 heteroatoms. The Bertz CT molecular complexity index is 333. The molecule has 2 N–H and O–H groups in total. The average Bonchev–Trinajstić information content (AvgIpc) is 3.12. The first kappa shape index (κ1) is 13.7. The Morgan fingerprint density at radius 1 is 1.22 bits per heavy atom. The summed E-state index contributed by atoms with van der Waals surface area (Å²) >= 11 is 5.03. The first-order valence-electron chi connectivity index (χ1n) is 6.83. The van der Waals surface area contributed by atoms with E-state index >= 15 is 0 Å². The van der Waals surface area contributed by atoms with Crippen LogP contribution >= 0.6 is 12.2 Å². The second-order valence-corrected chi connectivity index (χ2v) is 6.19. The largest absolute Gasteiger partial charge is 0.393 e. The molecule has 1 amide bonds. The fourth-order valence-electron chi connectivity index (χ4n) is 2.68. The number of hydrogen-bond acceptors (Lipinski definition) is 3. The van der Waals surface area contributed by atoms with Crippen LogP contribution in [0.2, 0.25) is 0 Å². The van der Waals surface area contributed by atoms with Gasteiger partial charge in [-0.15, -0.1) is 0 Å². The van der Waals surface area contributed by atoms with Gasteiger partial charge < -0.3 is 10.6 Å². The molecule has 2 rings (SSSR count). The van der Waals surface area contributed by atoms with Crippen molar-refractivity contribution < 1.29 is 4.79 Å². The van der Waals surface area contributed by atoms with Crippen LogP contribution < -0.4 is 5.73 Å². The molecule has 4 nitrogen and oxygen atoms in total. The molecule has 1 saturated carbocycles. The molecule has 0 radical (unpaired) electrons. The Kier molecular flexibility index (Phi) is 4.22. The third-order valence-electron chi connectivity index (χ3n) is 3.93. The van der Waals surface area contributed by atoms with E-state index in [-0.39, 0.29) is 17.7 Å². The monoisotopic (exact) mass is 269 g/mol. The summed E-state index contributed by atoms with van der Waals surface area (Å²) < 4.78 is 0. The summed E-state index contributed by atoms with van der Waals surface area (Å²) in [6.07, 6.45) is 2.66. The molecule has 1 unspecified atom stereocenters. The molecule has 1 aliphatic heterocycles. The molecule has 1 aliphatic carbocycles. The van der Waals surface area contributed by atoms with Gasteiger partial charge in [0.05, 0.1) is 10.9 Å². The number of carbonyl (C=O) groups excluding carboxylic acids is 1. The van der Waals surface area contributed by atoms with Gasteiger partial charge in [-0.3, -0.25) is 9.69 Å². The highest BCUT2D eigenvalue weighted by Gasteiger charge is 2.35. The maximum Gasteiger partial charge on any atom is 0.232 e. The normalized spacial score (nSPS) is 23.2. The van der Waals surface area contributed by atoms with Gasteiger partial charge in [0.15, 0.2) is 0 Å². The van der Waals surface area contributed by atoms with E-state index in [9.17, 15) is 4.79 Å². The Labute approximate surface area is 114 Å². The molecule has 0 aromatic heterocycles. The van der Waals surface area contributed by atoms with Crippen molar-refractivity contribution in [1.82, 2.24) is 9.80 Å². The third-order valence-corrected chi connectivity index (χ3v) is 4.18. The van der Waals surface area contributed by atoms with Crippen molar-refractivity contribution in [3.8, 4) is 0 Å². The van der Waals surface area contributed by atoms with Gasteiger partial charge in [0, 0.05) is 32.2 Å². The summed E-state index contributed by atoms with van der Waals surface area (Å²) in [6, 6.07) is 0.790. The topological polar surface area (TPSA) is 49.6 Å². The molecule has 1 atom stereocenters. The Hall–Kier alpha value is -0.680. The molecule has 18 heavy (non-hydrogen) atoms. The smallest absolute Gasteiger partial charge is 0.232 e. The van der Waals surface area contributed by atoms with Crippen LogP contribution in [-0.4, -0.2) is 52.9 Å². The summed E-state index contributed by atoms with van der Waals surface area (Å²) in [6.45, 7) is 7.64. The van der Waals surface area contributed by atoms with Crippen LogP contribution in [0.1, 0.15) is 26.7 Å². The van der Waals surface area contributed by atoms with Crippen molar-refractivity contribution >= 4 is 23.1 Å². The SMILES string of the molecule is CC(C)C(C(=O)N1CCN(C2CC2)CC1)C(N)=S. The number of hydrogen-bond donors (Lipinski definition) is 1. The second-order valence-electron chi connectivity index (χ2n) is 5.72. The molecule has 0 aromatic rings. The summed E-state index contributed by atoms with van der Waals surface area (Å²) in [7, 11) is 0. The predicted molar refractivity (Wildman–Crippen MR) is 76.3 cm³/mol. The molecule has 2 fully saturated rings. The van der Waals surface area contributed by atoms with Gasteiger partial charge in [0.2, 0.25) is 5.91 Å². The lowest BCUT2D eigenvalue weighted by atomic mass is 9.94. The van der Waals surface area contributed by atoms with Crippen molar-refractivity contribution in [2.75, 3.05) is 26.2 Å². The minimum absolute atomic E-state index is 0.118. The molecule has 1 heterocycles. The zero-order valence-electron chi connectivity index (χ0n) is 11.3. The highest BCUT2D eigenvalue weighted by atomic mass is 32.1. The number of carbonyl (C=O) groups is 1. The molecule has 0 bridgehead atoms. The number of nitrogens with two attached hydrogens (primary N) is 1. The summed E-state index contributed by atoms with van der Waals surface area (Å²) in [5, 5.41) is 0. The van der Waals surface area contributed by atoms with Gasteiger partial charge in [-0.05, 0) is 18.8 Å². The van der Waals surface area contributed by atoms with E-state index in [4.69, 9.17) is 18.0 Å². The standard InChI is InChI=1S/C13H23N3OS/c1-9(2)11(12(14)18)13(17)16-7-5-15(6-8-16)10-3-4-10/h9-11H,3-8H2,1-2H3,(H2,14,18). The number of thiocarbonyl (C=S) groups is 1. The lowest BCUT2D eigenvalue weighted by Crippen LogP contribution is -2.53. The van der Waals surface area contributed by atoms with Crippen molar-refractivity contribution in [3.63, 3.8) is 0 Å². The fourth-order valence-corrected chi connectivity index (χ4v) is 3.05. The van der Waals surface area contributed by atoms with E-state index < -0.39 is 0 Å². The minimum atomic E-state index is -0.299. The molecular formula is C13H23N3OS. The van der Waals surface area contributed by atoms with Crippen LogP contribution in [0.25, 0.3) is 0 Å². The average molecular weight is 269 g/mol. The van der Waals surface area contributed by atoms with Crippen LogP contribution in [0.4, 0.5) is 0 Å². The highest BCUT2D eigenvalue weighted by Crippen LogP contribution is 2.28. The van der Waals surface area contributed by atoms with E-state index in [1.807, 2.05) is 18.7 Å². The van der Waals surface area contributed by atoms with Crippen molar-refractivity contribution in [2.24, 2.45) is 17.6 Å². The second kappa shape index (κ2) is 5.53. The Balaban J connectivity index is 1.91.